The molecule has 0 saturated carbocycles. The molecule has 0 bridgehead atoms. The quantitative estimate of drug-likeness (QED) is 0.768. The predicted octanol–water partition coefficient (Wildman–Crippen LogP) is 2.03. The van der Waals surface area contributed by atoms with E-state index in [1.54, 1.807) is 6.92 Å². The molecule has 1 heterocycles. The fraction of sp³-hybridized carbons (Fsp3) is 0.364. The molecule has 0 aromatic heterocycles. The molecule has 2 rings (SSSR count). The third-order valence-corrected chi connectivity index (χ3v) is 2.54. The van der Waals surface area contributed by atoms with Crippen LogP contribution in [0.4, 0.5) is 10.1 Å². The Kier molecular flexibility index (Phi) is 2.34. The van der Waals surface area contributed by atoms with Crippen molar-refractivity contribution in [2.45, 2.75) is 20.3 Å². The molecule has 0 aliphatic carbocycles. The van der Waals surface area contributed by atoms with Crippen molar-refractivity contribution in [1.82, 2.24) is 0 Å². The van der Waals surface area contributed by atoms with E-state index in [4.69, 9.17) is 4.74 Å². The standard InChI is InChI=1S/C11H12FNO2/c1-3-7-4-8(12)6(2)11-10(7)13-9(14)5-15-11/h4H,3,5H2,1-2H3,(H,13,14). The third-order valence-electron chi connectivity index (χ3n) is 2.54. The lowest BCUT2D eigenvalue weighted by atomic mass is 10.0. The molecule has 1 amide bonds. The maximum Gasteiger partial charge on any atom is 0.262 e. The van der Waals surface area contributed by atoms with E-state index in [1.807, 2.05) is 6.92 Å². The Morgan fingerprint density at radius 3 is 3.00 bits per heavy atom. The van der Waals surface area contributed by atoms with E-state index >= 15 is 0 Å². The van der Waals surface area contributed by atoms with Gasteiger partial charge in [0.25, 0.3) is 5.91 Å². The summed E-state index contributed by atoms with van der Waals surface area (Å²) in [5.74, 6) is -0.0172. The molecule has 1 aromatic rings. The van der Waals surface area contributed by atoms with Crippen molar-refractivity contribution >= 4 is 11.6 Å². The van der Waals surface area contributed by atoms with Gasteiger partial charge in [-0.2, -0.15) is 0 Å². The zero-order valence-electron chi connectivity index (χ0n) is 8.69. The van der Waals surface area contributed by atoms with E-state index in [1.165, 1.54) is 6.07 Å². The highest BCUT2D eigenvalue weighted by Crippen LogP contribution is 2.36. The van der Waals surface area contributed by atoms with Gasteiger partial charge in [-0.15, -0.1) is 0 Å². The Hall–Kier alpha value is -1.58. The van der Waals surface area contributed by atoms with E-state index in [0.29, 0.717) is 23.4 Å². The molecule has 0 atom stereocenters. The van der Waals surface area contributed by atoms with Crippen molar-refractivity contribution in [1.29, 1.82) is 0 Å². The Morgan fingerprint density at radius 1 is 1.60 bits per heavy atom. The Balaban J connectivity index is 2.61. The molecule has 1 aromatic carbocycles. The normalized spacial score (nSPS) is 14.2. The molecule has 0 spiro atoms. The van der Waals surface area contributed by atoms with Crippen molar-refractivity contribution in [3.63, 3.8) is 0 Å². The van der Waals surface area contributed by atoms with Crippen LogP contribution < -0.4 is 10.1 Å². The summed E-state index contributed by atoms with van der Waals surface area (Å²) in [6, 6.07) is 1.45. The third kappa shape index (κ3) is 1.56. The van der Waals surface area contributed by atoms with Gasteiger partial charge >= 0.3 is 0 Å². The van der Waals surface area contributed by atoms with Crippen LogP contribution in [0, 0.1) is 12.7 Å². The number of hydrogen-bond acceptors (Lipinski definition) is 2. The van der Waals surface area contributed by atoms with Gasteiger partial charge in [0.2, 0.25) is 0 Å². The van der Waals surface area contributed by atoms with Crippen LogP contribution in [0.3, 0.4) is 0 Å². The number of nitrogens with one attached hydrogen (secondary N) is 1. The van der Waals surface area contributed by atoms with Gasteiger partial charge < -0.3 is 10.1 Å². The largest absolute Gasteiger partial charge is 0.481 e. The number of carbonyl (C=O) groups is 1. The summed E-state index contributed by atoms with van der Waals surface area (Å²) in [5.41, 5.74) is 1.83. The molecular formula is C11H12FNO2. The fourth-order valence-electron chi connectivity index (χ4n) is 1.68. The number of amides is 1. The Morgan fingerprint density at radius 2 is 2.33 bits per heavy atom. The molecule has 1 aliphatic rings. The maximum atomic E-state index is 13.5. The maximum absolute atomic E-state index is 13.5. The van der Waals surface area contributed by atoms with Crippen LogP contribution in [0.2, 0.25) is 0 Å². The molecule has 0 fully saturated rings. The second-order valence-corrected chi connectivity index (χ2v) is 3.54. The molecule has 1 aliphatic heterocycles. The molecule has 0 unspecified atom stereocenters. The van der Waals surface area contributed by atoms with Crippen molar-refractivity contribution in [3.8, 4) is 5.75 Å². The lowest BCUT2D eigenvalue weighted by molar-refractivity contribution is -0.118. The smallest absolute Gasteiger partial charge is 0.262 e. The minimum Gasteiger partial charge on any atom is -0.481 e. The Bertz CT molecular complexity index is 429. The highest BCUT2D eigenvalue weighted by molar-refractivity contribution is 5.96. The van der Waals surface area contributed by atoms with Crippen molar-refractivity contribution in [3.05, 3.63) is 23.0 Å². The first kappa shape index (κ1) is 9.96. The average Bonchev–Trinajstić information content (AvgIpc) is 2.23. The molecule has 80 valence electrons. The highest BCUT2D eigenvalue weighted by Gasteiger charge is 2.22. The van der Waals surface area contributed by atoms with Gasteiger partial charge in [-0.25, -0.2) is 4.39 Å². The van der Waals surface area contributed by atoms with Gasteiger partial charge in [0.1, 0.15) is 11.6 Å². The van der Waals surface area contributed by atoms with E-state index in [2.05, 4.69) is 5.32 Å². The summed E-state index contributed by atoms with van der Waals surface area (Å²) in [5, 5.41) is 2.72. The van der Waals surface area contributed by atoms with Gasteiger partial charge in [-0.1, -0.05) is 6.92 Å². The summed E-state index contributed by atoms with van der Waals surface area (Å²) < 4.78 is 18.7. The summed E-state index contributed by atoms with van der Waals surface area (Å²) in [6.07, 6.45) is 0.656. The summed E-state index contributed by atoms with van der Waals surface area (Å²) in [4.78, 5) is 11.2. The Labute approximate surface area is 87.2 Å². The first-order valence-electron chi connectivity index (χ1n) is 4.88. The monoisotopic (exact) mass is 209 g/mol. The molecule has 0 saturated heterocycles. The number of rotatable bonds is 1. The highest BCUT2D eigenvalue weighted by atomic mass is 19.1. The van der Waals surface area contributed by atoms with Crippen LogP contribution in [0.25, 0.3) is 0 Å². The van der Waals surface area contributed by atoms with Crippen molar-refractivity contribution in [2.75, 3.05) is 11.9 Å². The predicted molar refractivity (Wildman–Crippen MR) is 54.6 cm³/mol. The van der Waals surface area contributed by atoms with Gasteiger partial charge in [-0.05, 0) is 25.0 Å². The molecular weight excluding hydrogens is 197 g/mol. The van der Waals surface area contributed by atoms with E-state index in [0.717, 1.165) is 5.56 Å². The number of hydrogen-bond donors (Lipinski definition) is 1. The summed E-state index contributed by atoms with van der Waals surface area (Å²) >= 11 is 0. The lowest BCUT2D eigenvalue weighted by Crippen LogP contribution is -2.27. The molecule has 0 radical (unpaired) electrons. The minimum atomic E-state index is -0.290. The number of fused-ring (bicyclic) bond motifs is 1. The second kappa shape index (κ2) is 3.53. The first-order chi connectivity index (χ1) is 7.13. The van der Waals surface area contributed by atoms with Crippen LogP contribution in [0.5, 0.6) is 5.75 Å². The molecule has 3 nitrogen and oxygen atoms in total. The number of ether oxygens (including phenoxy) is 1. The lowest BCUT2D eigenvalue weighted by Gasteiger charge is -2.22. The van der Waals surface area contributed by atoms with Crippen LogP contribution in [0.15, 0.2) is 6.07 Å². The zero-order valence-corrected chi connectivity index (χ0v) is 8.69. The number of anilines is 1. The van der Waals surface area contributed by atoms with Gasteiger partial charge in [0.15, 0.2) is 6.61 Å². The van der Waals surface area contributed by atoms with Crippen LogP contribution >= 0.6 is 0 Å². The van der Waals surface area contributed by atoms with Gasteiger partial charge in [-0.3, -0.25) is 4.79 Å². The summed E-state index contributed by atoms with van der Waals surface area (Å²) in [7, 11) is 0. The van der Waals surface area contributed by atoms with Crippen LogP contribution in [-0.2, 0) is 11.2 Å². The topological polar surface area (TPSA) is 38.3 Å². The SMILES string of the molecule is CCc1cc(F)c(C)c2c1NC(=O)CO2. The molecule has 1 N–H and O–H groups in total. The van der Waals surface area contributed by atoms with E-state index < -0.39 is 0 Å². The van der Waals surface area contributed by atoms with Gasteiger partial charge in [0.05, 0.1) is 5.69 Å². The van der Waals surface area contributed by atoms with Crippen LogP contribution in [-0.4, -0.2) is 12.5 Å². The number of aryl methyl sites for hydroxylation is 1. The number of carbonyl (C=O) groups excluding carboxylic acids is 1. The fourth-order valence-corrected chi connectivity index (χ4v) is 1.68. The summed E-state index contributed by atoms with van der Waals surface area (Å²) in [6.45, 7) is 3.51. The van der Waals surface area contributed by atoms with Crippen molar-refractivity contribution in [2.24, 2.45) is 0 Å². The number of halogens is 1. The minimum absolute atomic E-state index is 0.0412. The zero-order chi connectivity index (χ0) is 11.0. The van der Waals surface area contributed by atoms with Crippen molar-refractivity contribution < 1.29 is 13.9 Å². The average molecular weight is 209 g/mol. The second-order valence-electron chi connectivity index (χ2n) is 3.54. The molecule has 4 heteroatoms. The first-order valence-corrected chi connectivity index (χ1v) is 4.88. The number of benzene rings is 1. The van der Waals surface area contributed by atoms with Crippen LogP contribution in [0.1, 0.15) is 18.1 Å². The molecule has 15 heavy (non-hydrogen) atoms. The van der Waals surface area contributed by atoms with E-state index in [-0.39, 0.29) is 18.3 Å². The van der Waals surface area contributed by atoms with E-state index in [9.17, 15) is 9.18 Å². The van der Waals surface area contributed by atoms with Gasteiger partial charge in [0, 0.05) is 5.56 Å².